The van der Waals surface area contributed by atoms with Crippen molar-refractivity contribution in [2.45, 2.75) is 52.9 Å². The molecular formula is C13H28N2O3. The first-order valence-corrected chi connectivity index (χ1v) is 6.64. The summed E-state index contributed by atoms with van der Waals surface area (Å²) in [5.41, 5.74) is 0.0411. The number of hydrogen-bond donors (Lipinski definition) is 2. The van der Waals surface area contributed by atoms with Crippen LogP contribution in [0.4, 0.5) is 0 Å². The van der Waals surface area contributed by atoms with Crippen LogP contribution >= 0.6 is 0 Å². The zero-order valence-electron chi connectivity index (χ0n) is 12.3. The van der Waals surface area contributed by atoms with Crippen LogP contribution in [0.2, 0.25) is 0 Å². The van der Waals surface area contributed by atoms with Gasteiger partial charge in [-0.15, -0.1) is 0 Å². The number of nitrogens with one attached hydrogen (secondary N) is 2. The predicted octanol–water partition coefficient (Wildman–Crippen LogP) is 1.28. The van der Waals surface area contributed by atoms with Crippen LogP contribution in [0.25, 0.3) is 0 Å². The summed E-state index contributed by atoms with van der Waals surface area (Å²) in [6, 6.07) is 0. The first kappa shape index (κ1) is 17.4. The van der Waals surface area contributed by atoms with Gasteiger partial charge in [-0.05, 0) is 34.6 Å². The van der Waals surface area contributed by atoms with Gasteiger partial charge in [0.1, 0.15) is 0 Å². The fraction of sp³-hybridized carbons (Fsp3) is 0.923. The summed E-state index contributed by atoms with van der Waals surface area (Å²) in [6.45, 7) is 12.3. The number of carbonyl (C=O) groups excluding carboxylic acids is 1. The Hall–Kier alpha value is -0.650. The van der Waals surface area contributed by atoms with Gasteiger partial charge in [0.25, 0.3) is 0 Å². The summed E-state index contributed by atoms with van der Waals surface area (Å²) >= 11 is 0. The van der Waals surface area contributed by atoms with Crippen LogP contribution in [-0.4, -0.2) is 44.0 Å². The van der Waals surface area contributed by atoms with Crippen LogP contribution < -0.4 is 10.6 Å². The number of amides is 1. The first-order chi connectivity index (χ1) is 8.39. The van der Waals surface area contributed by atoms with E-state index in [2.05, 4.69) is 31.4 Å². The quantitative estimate of drug-likeness (QED) is 0.613. The van der Waals surface area contributed by atoms with Gasteiger partial charge in [-0.1, -0.05) is 0 Å². The van der Waals surface area contributed by atoms with E-state index in [1.807, 2.05) is 13.8 Å². The fourth-order valence-electron chi connectivity index (χ4n) is 1.37. The Kier molecular flexibility index (Phi) is 8.97. The van der Waals surface area contributed by atoms with Crippen molar-refractivity contribution in [1.82, 2.24) is 10.6 Å². The van der Waals surface area contributed by atoms with Crippen molar-refractivity contribution in [1.29, 1.82) is 0 Å². The minimum atomic E-state index is -0.348. The van der Waals surface area contributed by atoms with Crippen molar-refractivity contribution in [2.75, 3.05) is 26.3 Å². The van der Waals surface area contributed by atoms with Gasteiger partial charge < -0.3 is 20.1 Å². The van der Waals surface area contributed by atoms with Crippen molar-refractivity contribution < 1.29 is 14.3 Å². The lowest BCUT2D eigenvalue weighted by atomic mass is 10.1. The number of ether oxygens (including phenoxy) is 2. The van der Waals surface area contributed by atoms with Crippen LogP contribution in [-0.2, 0) is 14.3 Å². The van der Waals surface area contributed by atoms with E-state index in [1.165, 1.54) is 0 Å². The third kappa shape index (κ3) is 10.5. The third-order valence-electron chi connectivity index (χ3n) is 2.18. The SMILES string of the molecule is CCOC(CNC(=O)CCNC(C)(C)C)OCC. The van der Waals surface area contributed by atoms with Crippen molar-refractivity contribution in [3.05, 3.63) is 0 Å². The van der Waals surface area contributed by atoms with Crippen molar-refractivity contribution >= 4 is 5.91 Å². The molecule has 0 aliphatic carbocycles. The molecule has 1 amide bonds. The second-order valence-electron chi connectivity index (χ2n) is 5.07. The first-order valence-electron chi connectivity index (χ1n) is 6.64. The van der Waals surface area contributed by atoms with E-state index in [-0.39, 0.29) is 17.7 Å². The van der Waals surface area contributed by atoms with Gasteiger partial charge in [0, 0.05) is 31.7 Å². The minimum absolute atomic E-state index is 0.0103. The van der Waals surface area contributed by atoms with Crippen LogP contribution in [0.15, 0.2) is 0 Å². The smallest absolute Gasteiger partial charge is 0.221 e. The number of hydrogen-bond acceptors (Lipinski definition) is 4. The van der Waals surface area contributed by atoms with Gasteiger partial charge in [0.2, 0.25) is 5.91 Å². The largest absolute Gasteiger partial charge is 0.351 e. The van der Waals surface area contributed by atoms with E-state index in [0.717, 1.165) is 0 Å². The Bertz CT molecular complexity index is 221. The lowest BCUT2D eigenvalue weighted by molar-refractivity contribution is -0.140. The van der Waals surface area contributed by atoms with Gasteiger partial charge >= 0.3 is 0 Å². The Morgan fingerprint density at radius 1 is 1.17 bits per heavy atom. The van der Waals surface area contributed by atoms with E-state index in [1.54, 1.807) is 0 Å². The minimum Gasteiger partial charge on any atom is -0.351 e. The molecule has 2 N–H and O–H groups in total. The molecule has 0 aromatic heterocycles. The van der Waals surface area contributed by atoms with Crippen LogP contribution in [0, 0.1) is 0 Å². The maximum Gasteiger partial charge on any atom is 0.221 e. The topological polar surface area (TPSA) is 59.6 Å². The molecule has 0 saturated heterocycles. The second-order valence-corrected chi connectivity index (χ2v) is 5.07. The summed E-state index contributed by atoms with van der Waals surface area (Å²) < 4.78 is 10.7. The van der Waals surface area contributed by atoms with Gasteiger partial charge in [-0.25, -0.2) is 0 Å². The highest BCUT2D eigenvalue weighted by Crippen LogP contribution is 1.98. The van der Waals surface area contributed by atoms with E-state index < -0.39 is 0 Å². The fourth-order valence-corrected chi connectivity index (χ4v) is 1.37. The maximum absolute atomic E-state index is 11.6. The normalized spacial score (nSPS) is 11.9. The highest BCUT2D eigenvalue weighted by atomic mass is 16.7. The molecule has 0 aromatic rings. The molecule has 0 heterocycles. The van der Waals surface area contributed by atoms with E-state index in [9.17, 15) is 4.79 Å². The zero-order chi connectivity index (χ0) is 14.0. The standard InChI is InChI=1S/C13H28N2O3/c1-6-17-12(18-7-2)10-14-11(16)8-9-15-13(3,4)5/h12,15H,6-10H2,1-5H3,(H,14,16). The average molecular weight is 260 g/mol. The molecule has 0 aliphatic rings. The molecule has 108 valence electrons. The van der Waals surface area contributed by atoms with E-state index >= 15 is 0 Å². The molecule has 0 aliphatic heterocycles. The Balaban J connectivity index is 3.73. The maximum atomic E-state index is 11.6. The third-order valence-corrected chi connectivity index (χ3v) is 2.18. The number of carbonyl (C=O) groups is 1. The second kappa shape index (κ2) is 9.30. The Labute approximate surface area is 111 Å². The van der Waals surface area contributed by atoms with Crippen LogP contribution in [0.3, 0.4) is 0 Å². The van der Waals surface area contributed by atoms with Gasteiger partial charge in [-0.3, -0.25) is 4.79 Å². The molecule has 0 bridgehead atoms. The molecule has 0 radical (unpaired) electrons. The van der Waals surface area contributed by atoms with Crippen molar-refractivity contribution in [2.24, 2.45) is 0 Å². The molecule has 18 heavy (non-hydrogen) atoms. The van der Waals surface area contributed by atoms with Crippen molar-refractivity contribution in [3.8, 4) is 0 Å². The van der Waals surface area contributed by atoms with Gasteiger partial charge in [0.05, 0.1) is 6.54 Å². The van der Waals surface area contributed by atoms with E-state index in [4.69, 9.17) is 9.47 Å². The highest BCUT2D eigenvalue weighted by molar-refractivity contribution is 5.76. The molecule has 0 saturated carbocycles. The summed E-state index contributed by atoms with van der Waals surface area (Å²) in [5.74, 6) is 0.0103. The molecule has 5 nitrogen and oxygen atoms in total. The van der Waals surface area contributed by atoms with Crippen LogP contribution in [0.5, 0.6) is 0 Å². The predicted molar refractivity (Wildman–Crippen MR) is 72.4 cm³/mol. The summed E-state index contributed by atoms with van der Waals surface area (Å²) in [4.78, 5) is 11.6. The lowest BCUT2D eigenvalue weighted by Crippen LogP contribution is -2.40. The molecule has 0 fully saturated rings. The lowest BCUT2D eigenvalue weighted by Gasteiger charge is -2.21. The molecular weight excluding hydrogens is 232 g/mol. The van der Waals surface area contributed by atoms with Gasteiger partial charge in [0.15, 0.2) is 6.29 Å². The molecule has 5 heteroatoms. The molecule has 0 atom stereocenters. The van der Waals surface area contributed by atoms with Crippen LogP contribution in [0.1, 0.15) is 41.0 Å². The van der Waals surface area contributed by atoms with Gasteiger partial charge in [-0.2, -0.15) is 0 Å². The number of rotatable bonds is 9. The summed E-state index contributed by atoms with van der Waals surface area (Å²) in [7, 11) is 0. The zero-order valence-corrected chi connectivity index (χ0v) is 12.3. The summed E-state index contributed by atoms with van der Waals surface area (Å²) in [5, 5.41) is 6.08. The molecule has 0 spiro atoms. The Morgan fingerprint density at radius 2 is 1.72 bits per heavy atom. The highest BCUT2D eigenvalue weighted by Gasteiger charge is 2.12. The monoisotopic (exact) mass is 260 g/mol. The molecule has 0 rings (SSSR count). The van der Waals surface area contributed by atoms with E-state index in [0.29, 0.717) is 32.7 Å². The Morgan fingerprint density at radius 3 is 2.17 bits per heavy atom. The average Bonchev–Trinajstić information content (AvgIpc) is 2.25. The van der Waals surface area contributed by atoms with Crippen molar-refractivity contribution in [3.63, 3.8) is 0 Å². The molecule has 0 aromatic carbocycles. The molecule has 0 unspecified atom stereocenters. The summed E-state index contributed by atoms with van der Waals surface area (Å²) in [6.07, 6.45) is 0.113.